The normalized spacial score (nSPS) is 26.2. The Morgan fingerprint density at radius 3 is 1.53 bits per heavy atom. The topological polar surface area (TPSA) is 86.7 Å². The first-order chi connectivity index (χ1) is 7.67. The predicted octanol–water partition coefficient (Wildman–Crippen LogP) is 0.355. The highest BCUT2D eigenvalue weighted by Crippen LogP contribution is 2.32. The SMILES string of the molecule is CS(=O)(=O)OC[C@H]1CCC[C@@H]1COS(C)(=O)=O. The van der Waals surface area contributed by atoms with Crippen LogP contribution in [0.5, 0.6) is 0 Å². The van der Waals surface area contributed by atoms with Gasteiger partial charge in [0, 0.05) is 0 Å². The maximum absolute atomic E-state index is 10.9. The molecule has 0 aliphatic heterocycles. The molecule has 1 aliphatic rings. The molecule has 0 N–H and O–H groups in total. The summed E-state index contributed by atoms with van der Waals surface area (Å²) in [5, 5.41) is 0. The Hall–Kier alpha value is -0.180. The Labute approximate surface area is 103 Å². The lowest BCUT2D eigenvalue weighted by Crippen LogP contribution is -2.22. The highest BCUT2D eigenvalue weighted by atomic mass is 32.2. The summed E-state index contributed by atoms with van der Waals surface area (Å²) in [5.74, 6) is 0.0953. The third kappa shape index (κ3) is 6.35. The molecule has 0 aromatic heterocycles. The first-order valence-corrected chi connectivity index (χ1v) is 8.99. The lowest BCUT2D eigenvalue weighted by molar-refractivity contribution is 0.170. The summed E-state index contributed by atoms with van der Waals surface area (Å²) in [7, 11) is -6.87. The van der Waals surface area contributed by atoms with E-state index in [-0.39, 0.29) is 25.0 Å². The van der Waals surface area contributed by atoms with Crippen molar-refractivity contribution in [3.05, 3.63) is 0 Å². The molecule has 17 heavy (non-hydrogen) atoms. The molecule has 0 amide bonds. The number of rotatable bonds is 6. The van der Waals surface area contributed by atoms with Crippen molar-refractivity contribution in [2.24, 2.45) is 11.8 Å². The highest BCUT2D eigenvalue weighted by molar-refractivity contribution is 7.86. The Kier molecular flexibility index (Phi) is 4.94. The van der Waals surface area contributed by atoms with E-state index in [1.54, 1.807) is 0 Å². The summed E-state index contributed by atoms with van der Waals surface area (Å²) >= 11 is 0. The van der Waals surface area contributed by atoms with Crippen molar-refractivity contribution in [1.29, 1.82) is 0 Å². The van der Waals surface area contributed by atoms with Gasteiger partial charge < -0.3 is 0 Å². The summed E-state index contributed by atoms with van der Waals surface area (Å²) in [6.45, 7) is 0.216. The van der Waals surface area contributed by atoms with Gasteiger partial charge >= 0.3 is 0 Å². The van der Waals surface area contributed by atoms with E-state index < -0.39 is 20.2 Å². The summed E-state index contributed by atoms with van der Waals surface area (Å²) in [6.07, 6.45) is 4.63. The van der Waals surface area contributed by atoms with Crippen molar-refractivity contribution >= 4 is 20.2 Å². The van der Waals surface area contributed by atoms with Crippen molar-refractivity contribution in [2.45, 2.75) is 19.3 Å². The summed E-state index contributed by atoms with van der Waals surface area (Å²) < 4.78 is 52.9. The molecule has 0 radical (unpaired) electrons. The van der Waals surface area contributed by atoms with Gasteiger partial charge in [-0.1, -0.05) is 6.42 Å². The molecule has 102 valence electrons. The molecule has 0 aromatic carbocycles. The van der Waals surface area contributed by atoms with Crippen LogP contribution in [0.1, 0.15) is 19.3 Å². The van der Waals surface area contributed by atoms with Crippen LogP contribution in [-0.2, 0) is 28.6 Å². The minimum Gasteiger partial charge on any atom is -0.270 e. The van der Waals surface area contributed by atoms with Crippen molar-refractivity contribution in [1.82, 2.24) is 0 Å². The molecule has 2 atom stereocenters. The first-order valence-electron chi connectivity index (χ1n) is 5.36. The van der Waals surface area contributed by atoms with E-state index in [0.717, 1.165) is 31.8 Å². The minimum absolute atomic E-state index is 0.0477. The highest BCUT2D eigenvalue weighted by Gasteiger charge is 2.29. The van der Waals surface area contributed by atoms with E-state index in [0.29, 0.717) is 0 Å². The van der Waals surface area contributed by atoms with Gasteiger partial charge in [-0.3, -0.25) is 8.37 Å². The molecule has 0 unspecified atom stereocenters. The van der Waals surface area contributed by atoms with Crippen LogP contribution in [0.25, 0.3) is 0 Å². The zero-order valence-electron chi connectivity index (χ0n) is 9.96. The van der Waals surface area contributed by atoms with Crippen LogP contribution in [0.2, 0.25) is 0 Å². The van der Waals surface area contributed by atoms with Crippen molar-refractivity contribution in [3.8, 4) is 0 Å². The van der Waals surface area contributed by atoms with Crippen LogP contribution >= 0.6 is 0 Å². The van der Waals surface area contributed by atoms with E-state index >= 15 is 0 Å². The van der Waals surface area contributed by atoms with Gasteiger partial charge in [0.05, 0.1) is 25.7 Å². The van der Waals surface area contributed by atoms with Gasteiger partial charge in [0.1, 0.15) is 0 Å². The lowest BCUT2D eigenvalue weighted by Gasteiger charge is -2.18. The minimum atomic E-state index is -3.44. The molecule has 0 aromatic rings. The van der Waals surface area contributed by atoms with Crippen LogP contribution in [0.15, 0.2) is 0 Å². The van der Waals surface area contributed by atoms with Crippen LogP contribution in [0, 0.1) is 11.8 Å². The van der Waals surface area contributed by atoms with Gasteiger partial charge in [-0.15, -0.1) is 0 Å². The molecule has 1 aliphatic carbocycles. The third-order valence-electron chi connectivity index (χ3n) is 2.81. The molecule has 1 fully saturated rings. The predicted molar refractivity (Wildman–Crippen MR) is 62.4 cm³/mol. The van der Waals surface area contributed by atoms with Crippen LogP contribution < -0.4 is 0 Å². The van der Waals surface area contributed by atoms with E-state index in [9.17, 15) is 16.8 Å². The zero-order valence-corrected chi connectivity index (χ0v) is 11.6. The van der Waals surface area contributed by atoms with Gasteiger partial charge in [-0.05, 0) is 24.7 Å². The second-order valence-electron chi connectivity index (χ2n) is 4.43. The van der Waals surface area contributed by atoms with Crippen LogP contribution in [-0.4, -0.2) is 42.6 Å². The standard InChI is InChI=1S/C9H18O6S2/c1-16(10,11)14-6-8-4-3-5-9(8)7-15-17(2,12)13/h8-9H,3-7H2,1-2H3/t8-,9-/m1/s1. The van der Waals surface area contributed by atoms with E-state index in [2.05, 4.69) is 0 Å². The monoisotopic (exact) mass is 286 g/mol. The Bertz CT molecular complexity index is 396. The van der Waals surface area contributed by atoms with E-state index in [1.807, 2.05) is 0 Å². The van der Waals surface area contributed by atoms with E-state index in [4.69, 9.17) is 8.37 Å². The molecule has 1 rings (SSSR count). The lowest BCUT2D eigenvalue weighted by atomic mass is 9.98. The smallest absolute Gasteiger partial charge is 0.264 e. The quantitative estimate of drug-likeness (QED) is 0.655. The summed E-state index contributed by atoms with van der Waals surface area (Å²) in [4.78, 5) is 0. The molecule has 0 spiro atoms. The molecule has 0 saturated heterocycles. The Morgan fingerprint density at radius 2 is 1.24 bits per heavy atom. The molecule has 1 saturated carbocycles. The van der Waals surface area contributed by atoms with E-state index in [1.165, 1.54) is 0 Å². The van der Waals surface area contributed by atoms with Crippen LogP contribution in [0.3, 0.4) is 0 Å². The average Bonchev–Trinajstić information content (AvgIpc) is 2.56. The van der Waals surface area contributed by atoms with Crippen molar-refractivity contribution < 1.29 is 25.2 Å². The van der Waals surface area contributed by atoms with Crippen LogP contribution in [0.4, 0.5) is 0 Å². The van der Waals surface area contributed by atoms with Crippen molar-refractivity contribution in [2.75, 3.05) is 25.7 Å². The molecule has 0 bridgehead atoms. The van der Waals surface area contributed by atoms with Gasteiger partial charge in [-0.25, -0.2) is 0 Å². The maximum atomic E-state index is 10.9. The van der Waals surface area contributed by atoms with Gasteiger partial charge in [0.25, 0.3) is 20.2 Å². The molecular weight excluding hydrogens is 268 g/mol. The maximum Gasteiger partial charge on any atom is 0.264 e. The molecule has 6 nitrogen and oxygen atoms in total. The zero-order chi connectivity index (χ0) is 13.1. The largest absolute Gasteiger partial charge is 0.270 e. The summed E-state index contributed by atoms with van der Waals surface area (Å²) in [6, 6.07) is 0. The second-order valence-corrected chi connectivity index (χ2v) is 7.72. The summed E-state index contributed by atoms with van der Waals surface area (Å²) in [5.41, 5.74) is 0. The molecule has 0 heterocycles. The molecule has 8 heteroatoms. The number of hydrogen-bond donors (Lipinski definition) is 0. The number of hydrogen-bond acceptors (Lipinski definition) is 6. The fourth-order valence-corrected chi connectivity index (χ4v) is 2.82. The van der Waals surface area contributed by atoms with Gasteiger partial charge in [-0.2, -0.15) is 16.8 Å². The fraction of sp³-hybridized carbons (Fsp3) is 1.00. The Morgan fingerprint density at radius 1 is 0.882 bits per heavy atom. The van der Waals surface area contributed by atoms with Crippen molar-refractivity contribution in [3.63, 3.8) is 0 Å². The third-order valence-corrected chi connectivity index (χ3v) is 3.94. The van der Waals surface area contributed by atoms with Gasteiger partial charge in [0.2, 0.25) is 0 Å². The fourth-order valence-electron chi connectivity index (χ4n) is 1.97. The Balaban J connectivity index is 2.44. The van der Waals surface area contributed by atoms with Gasteiger partial charge in [0.15, 0.2) is 0 Å². The molecular formula is C9H18O6S2. The average molecular weight is 286 g/mol. The first kappa shape index (κ1) is 14.9. The second kappa shape index (κ2) is 5.64.